The molecular weight excluding hydrogens is 482 g/mol. The summed E-state index contributed by atoms with van der Waals surface area (Å²) in [4.78, 5) is 46.9. The molecule has 192 valence electrons. The van der Waals surface area contributed by atoms with Crippen molar-refractivity contribution in [2.24, 2.45) is 11.8 Å². The normalized spacial score (nSPS) is 33.5. The molecule has 1 aromatic carbocycles. The number of aliphatic hydroxyl groups excluding tert-OH is 1. The Bertz CT molecular complexity index is 1150. The highest BCUT2D eigenvalue weighted by Crippen LogP contribution is 2.58. The third kappa shape index (κ3) is 3.38. The molecule has 0 saturated carbocycles. The maximum absolute atomic E-state index is 14.4. The molecule has 8 nitrogen and oxygen atoms in total. The van der Waals surface area contributed by atoms with Gasteiger partial charge in [0.15, 0.2) is 0 Å². The molecule has 1 aromatic rings. The van der Waals surface area contributed by atoms with Crippen molar-refractivity contribution >= 4 is 35.0 Å². The largest absolute Gasteiger partial charge is 0.396 e. The van der Waals surface area contributed by atoms with Gasteiger partial charge in [0, 0.05) is 33.3 Å². The van der Waals surface area contributed by atoms with Gasteiger partial charge in [-0.3, -0.25) is 14.4 Å². The first-order valence-corrected chi connectivity index (χ1v) is 12.9. The van der Waals surface area contributed by atoms with E-state index in [4.69, 9.17) is 16.3 Å². The van der Waals surface area contributed by atoms with E-state index >= 15 is 0 Å². The zero-order valence-electron chi connectivity index (χ0n) is 20.8. The van der Waals surface area contributed by atoms with Gasteiger partial charge in [0.2, 0.25) is 11.8 Å². The van der Waals surface area contributed by atoms with E-state index < -0.39 is 29.1 Å². The molecule has 36 heavy (non-hydrogen) atoms. The lowest BCUT2D eigenvalue weighted by molar-refractivity contribution is -0.149. The number of halogens is 1. The van der Waals surface area contributed by atoms with E-state index in [2.05, 4.69) is 0 Å². The maximum Gasteiger partial charge on any atom is 0.253 e. The van der Waals surface area contributed by atoms with Crippen LogP contribution >= 0.6 is 11.6 Å². The number of ether oxygens (including phenoxy) is 1. The quantitative estimate of drug-likeness (QED) is 0.610. The molecule has 0 aromatic heterocycles. The number of likely N-dealkylation sites (N-methyl/N-ethyl adjacent to an activating group) is 1. The molecule has 1 unspecified atom stereocenters. The van der Waals surface area contributed by atoms with Crippen LogP contribution in [0.3, 0.4) is 0 Å². The van der Waals surface area contributed by atoms with Crippen molar-refractivity contribution in [2.45, 2.75) is 43.9 Å². The van der Waals surface area contributed by atoms with Gasteiger partial charge < -0.3 is 24.5 Å². The van der Waals surface area contributed by atoms with Gasteiger partial charge in [0.25, 0.3) is 5.91 Å². The maximum atomic E-state index is 14.4. The second-order valence-corrected chi connectivity index (χ2v) is 10.5. The van der Waals surface area contributed by atoms with Gasteiger partial charge in [-0.25, -0.2) is 0 Å². The van der Waals surface area contributed by atoms with Crippen LogP contribution in [-0.2, 0) is 19.1 Å². The Kier molecular flexibility index (Phi) is 6.25. The summed E-state index contributed by atoms with van der Waals surface area (Å²) in [7, 11) is 1.72. The van der Waals surface area contributed by atoms with Crippen LogP contribution in [0.25, 0.3) is 0 Å². The molecule has 4 heterocycles. The molecule has 9 heteroatoms. The fraction of sp³-hybridized carbons (Fsp3) is 0.519. The smallest absolute Gasteiger partial charge is 0.253 e. The number of nitrogens with zero attached hydrogens (tertiary/aromatic N) is 3. The topological polar surface area (TPSA) is 90.4 Å². The Morgan fingerprint density at radius 3 is 2.53 bits per heavy atom. The summed E-state index contributed by atoms with van der Waals surface area (Å²) in [5.41, 5.74) is -0.877. The number of aliphatic hydroxyl groups is 1. The Morgan fingerprint density at radius 2 is 1.83 bits per heavy atom. The molecular formula is C27H32ClN3O5. The van der Waals surface area contributed by atoms with Crippen LogP contribution in [0.4, 0.5) is 5.69 Å². The second kappa shape index (κ2) is 9.01. The number of hydrogen-bond acceptors (Lipinski definition) is 5. The Balaban J connectivity index is 1.69. The SMILES string of the molecule is CC[C@]12C=CCN(C)C(=O)[C@H]1[C@H]1C(=O)N(CCCO)C3C(=O)N(c4c(C)cccc4Cl)CC=C[C@@]31O2. The molecule has 1 spiro atoms. The van der Waals surface area contributed by atoms with Gasteiger partial charge in [0.05, 0.1) is 28.1 Å². The van der Waals surface area contributed by atoms with Gasteiger partial charge in [-0.15, -0.1) is 0 Å². The highest BCUT2D eigenvalue weighted by molar-refractivity contribution is 6.34. The van der Waals surface area contributed by atoms with E-state index in [0.29, 0.717) is 30.1 Å². The molecule has 4 aliphatic rings. The molecule has 5 rings (SSSR count). The standard InChI is InChI=1S/C27H32ClN3O5/c1-4-26-11-6-13-29(3)23(33)19(26)20-24(34)31(15-8-16-32)22-25(35)30(14-7-12-27(20,22)36-26)21-17(2)9-5-10-18(21)28/h5-7,9-12,19-20,22,32H,4,8,13-16H2,1-3H3/t19-,20+,22?,26+,27+/m1/s1. The van der Waals surface area contributed by atoms with Crippen molar-refractivity contribution in [3.63, 3.8) is 0 Å². The van der Waals surface area contributed by atoms with Crippen LogP contribution in [0, 0.1) is 18.8 Å². The number of carbonyl (C=O) groups is 3. The third-order valence-corrected chi connectivity index (χ3v) is 8.46. The number of anilines is 1. The second-order valence-electron chi connectivity index (χ2n) is 10.1. The Labute approximate surface area is 216 Å². The number of para-hydroxylation sites is 1. The Hall–Kier alpha value is -2.68. The summed E-state index contributed by atoms with van der Waals surface area (Å²) in [5.74, 6) is -2.37. The van der Waals surface area contributed by atoms with E-state index in [9.17, 15) is 19.5 Å². The third-order valence-electron chi connectivity index (χ3n) is 8.16. The van der Waals surface area contributed by atoms with Crippen LogP contribution in [0.2, 0.25) is 5.02 Å². The van der Waals surface area contributed by atoms with E-state index in [-0.39, 0.29) is 37.4 Å². The fourth-order valence-electron chi connectivity index (χ4n) is 6.53. The lowest BCUT2D eigenvalue weighted by atomic mass is 9.73. The van der Waals surface area contributed by atoms with E-state index in [0.717, 1.165) is 5.56 Å². The predicted octanol–water partition coefficient (Wildman–Crippen LogP) is 2.32. The van der Waals surface area contributed by atoms with Gasteiger partial charge in [-0.2, -0.15) is 0 Å². The zero-order chi connectivity index (χ0) is 25.8. The summed E-state index contributed by atoms with van der Waals surface area (Å²) in [6, 6.07) is 4.47. The number of amides is 3. The van der Waals surface area contributed by atoms with Crippen LogP contribution in [0.15, 0.2) is 42.5 Å². The van der Waals surface area contributed by atoms with Crippen molar-refractivity contribution in [1.29, 1.82) is 0 Å². The van der Waals surface area contributed by atoms with Crippen LogP contribution < -0.4 is 4.90 Å². The van der Waals surface area contributed by atoms with Gasteiger partial charge >= 0.3 is 0 Å². The molecule has 0 bridgehead atoms. The molecule has 5 atom stereocenters. The molecule has 0 aliphatic carbocycles. The van der Waals surface area contributed by atoms with Crippen molar-refractivity contribution in [3.05, 3.63) is 53.1 Å². The monoisotopic (exact) mass is 513 g/mol. The van der Waals surface area contributed by atoms with Crippen molar-refractivity contribution in [3.8, 4) is 0 Å². The summed E-state index contributed by atoms with van der Waals surface area (Å²) in [6.07, 6.45) is 8.29. The average molecular weight is 514 g/mol. The number of benzene rings is 1. The lowest BCUT2D eigenvalue weighted by Crippen LogP contribution is -2.56. The van der Waals surface area contributed by atoms with Gasteiger partial charge in [-0.05, 0) is 31.4 Å². The van der Waals surface area contributed by atoms with Crippen molar-refractivity contribution in [2.75, 3.05) is 38.2 Å². The van der Waals surface area contributed by atoms with E-state index in [1.54, 1.807) is 22.9 Å². The first kappa shape index (κ1) is 25.0. The predicted molar refractivity (Wildman–Crippen MR) is 135 cm³/mol. The highest BCUT2D eigenvalue weighted by Gasteiger charge is 2.75. The van der Waals surface area contributed by atoms with E-state index in [1.165, 1.54) is 4.90 Å². The first-order chi connectivity index (χ1) is 17.2. The number of rotatable bonds is 5. The molecule has 4 aliphatic heterocycles. The molecule has 1 N–H and O–H groups in total. The molecule has 2 saturated heterocycles. The van der Waals surface area contributed by atoms with Crippen LogP contribution in [0.1, 0.15) is 25.3 Å². The minimum absolute atomic E-state index is 0.126. The highest BCUT2D eigenvalue weighted by atomic mass is 35.5. The summed E-state index contributed by atoms with van der Waals surface area (Å²) >= 11 is 6.56. The van der Waals surface area contributed by atoms with E-state index in [1.807, 2.05) is 50.3 Å². The van der Waals surface area contributed by atoms with Crippen LogP contribution in [-0.4, -0.2) is 83.2 Å². The number of likely N-dealkylation sites (tertiary alicyclic amines) is 1. The van der Waals surface area contributed by atoms with Gasteiger partial charge in [0.1, 0.15) is 11.6 Å². The number of hydrogen-bond donors (Lipinski definition) is 1. The number of aryl methyl sites for hydroxylation is 1. The molecule has 0 radical (unpaired) electrons. The molecule has 3 amide bonds. The van der Waals surface area contributed by atoms with Gasteiger partial charge in [-0.1, -0.05) is 55.0 Å². The minimum Gasteiger partial charge on any atom is -0.396 e. The fourth-order valence-corrected chi connectivity index (χ4v) is 6.85. The van der Waals surface area contributed by atoms with Crippen LogP contribution in [0.5, 0.6) is 0 Å². The first-order valence-electron chi connectivity index (χ1n) is 12.5. The Morgan fingerprint density at radius 1 is 1.08 bits per heavy atom. The minimum atomic E-state index is -1.31. The summed E-state index contributed by atoms with van der Waals surface area (Å²) < 4.78 is 6.87. The zero-order valence-corrected chi connectivity index (χ0v) is 21.6. The number of carbonyl (C=O) groups excluding carboxylic acids is 3. The van der Waals surface area contributed by atoms with Crippen molar-refractivity contribution in [1.82, 2.24) is 9.80 Å². The summed E-state index contributed by atoms with van der Waals surface area (Å²) in [5, 5.41) is 9.99. The van der Waals surface area contributed by atoms with Crippen molar-refractivity contribution < 1.29 is 24.2 Å². The molecule has 2 fully saturated rings. The number of fused-ring (bicyclic) bond motifs is 2. The average Bonchev–Trinajstić information content (AvgIpc) is 3.15. The lowest BCUT2D eigenvalue weighted by Gasteiger charge is -2.38. The summed E-state index contributed by atoms with van der Waals surface area (Å²) in [6.45, 7) is 4.58.